The molecule has 1 heterocycles. The average molecular weight is 235 g/mol. The van der Waals surface area contributed by atoms with Gasteiger partial charge in [0, 0.05) is 24.7 Å². The monoisotopic (exact) mass is 235 g/mol. The Bertz CT molecular complexity index is 456. The Morgan fingerprint density at radius 1 is 1.50 bits per heavy atom. The number of thiol groups is 1. The predicted molar refractivity (Wildman–Crippen MR) is 66.4 cm³/mol. The number of anilines is 1. The van der Waals surface area contributed by atoms with Crippen molar-refractivity contribution in [3.05, 3.63) is 29.3 Å². The lowest BCUT2D eigenvalue weighted by Crippen LogP contribution is -2.20. The molecule has 1 aliphatic heterocycles. The zero-order valence-electron chi connectivity index (χ0n) is 9.06. The van der Waals surface area contributed by atoms with Crippen molar-refractivity contribution >= 4 is 30.0 Å². The molecule has 0 aromatic heterocycles. The Kier molecular flexibility index (Phi) is 3.01. The Hall–Kier alpha value is -1.29. The van der Waals surface area contributed by atoms with Gasteiger partial charge < -0.3 is 4.90 Å². The fourth-order valence-electron chi connectivity index (χ4n) is 1.89. The highest BCUT2D eigenvalue weighted by molar-refractivity contribution is 7.80. The Morgan fingerprint density at radius 2 is 2.25 bits per heavy atom. The van der Waals surface area contributed by atoms with Crippen molar-refractivity contribution in [3.63, 3.8) is 0 Å². The third kappa shape index (κ3) is 1.85. The summed E-state index contributed by atoms with van der Waals surface area (Å²) in [6, 6.07) is 5.44. The highest BCUT2D eigenvalue weighted by atomic mass is 32.1. The number of fused-ring (bicyclic) bond motifs is 1. The number of amides is 1. The van der Waals surface area contributed by atoms with E-state index in [9.17, 15) is 9.59 Å². The fraction of sp³-hybridized carbons (Fsp3) is 0.333. The zero-order chi connectivity index (χ0) is 11.7. The molecule has 1 aromatic rings. The number of carbonyl (C=O) groups is 2. The van der Waals surface area contributed by atoms with Gasteiger partial charge in [-0.2, -0.15) is 12.6 Å². The number of benzene rings is 1. The molecule has 0 saturated carbocycles. The molecule has 4 heteroatoms. The van der Waals surface area contributed by atoms with Crippen molar-refractivity contribution < 1.29 is 9.59 Å². The van der Waals surface area contributed by atoms with E-state index < -0.39 is 0 Å². The molecule has 1 amide bonds. The molecule has 0 N–H and O–H groups in total. The SMILES string of the molecule is CN1C(=O)Cc2cc(C(=O)CCS)ccc21. The third-order valence-corrected chi connectivity index (χ3v) is 3.04. The van der Waals surface area contributed by atoms with Gasteiger partial charge in [0.2, 0.25) is 5.91 Å². The van der Waals surface area contributed by atoms with E-state index in [1.54, 1.807) is 18.0 Å². The molecule has 84 valence electrons. The van der Waals surface area contributed by atoms with Crippen molar-refractivity contribution in [1.29, 1.82) is 0 Å². The molecule has 16 heavy (non-hydrogen) atoms. The first-order valence-corrected chi connectivity index (χ1v) is 5.80. The van der Waals surface area contributed by atoms with Crippen LogP contribution < -0.4 is 4.90 Å². The zero-order valence-corrected chi connectivity index (χ0v) is 9.96. The minimum Gasteiger partial charge on any atom is -0.315 e. The van der Waals surface area contributed by atoms with Gasteiger partial charge in [-0.25, -0.2) is 0 Å². The fourth-order valence-corrected chi connectivity index (χ4v) is 2.09. The minimum atomic E-state index is 0.0776. The predicted octanol–water partition coefficient (Wildman–Crippen LogP) is 1.71. The first-order chi connectivity index (χ1) is 7.63. The van der Waals surface area contributed by atoms with E-state index in [-0.39, 0.29) is 11.7 Å². The summed E-state index contributed by atoms with van der Waals surface area (Å²) in [5, 5.41) is 0. The van der Waals surface area contributed by atoms with Crippen LogP contribution in [0.5, 0.6) is 0 Å². The lowest BCUT2D eigenvalue weighted by molar-refractivity contribution is -0.117. The standard InChI is InChI=1S/C12H13NO2S/c1-13-10-3-2-8(11(14)4-5-16)6-9(10)7-12(13)15/h2-3,6,16H,4-5,7H2,1H3. The molecular weight excluding hydrogens is 222 g/mol. The van der Waals surface area contributed by atoms with Gasteiger partial charge in [-0.1, -0.05) is 0 Å². The number of carbonyl (C=O) groups excluding carboxylic acids is 2. The summed E-state index contributed by atoms with van der Waals surface area (Å²) in [6.07, 6.45) is 0.833. The Balaban J connectivity index is 2.32. The van der Waals surface area contributed by atoms with E-state index in [1.165, 1.54) is 0 Å². The maximum Gasteiger partial charge on any atom is 0.231 e. The number of likely N-dealkylation sites (N-methyl/N-ethyl adjacent to an activating group) is 1. The van der Waals surface area contributed by atoms with Crippen molar-refractivity contribution in [2.24, 2.45) is 0 Å². The van der Waals surface area contributed by atoms with Gasteiger partial charge in [-0.05, 0) is 29.5 Å². The maximum atomic E-state index is 11.7. The molecule has 1 aromatic carbocycles. The summed E-state index contributed by atoms with van der Waals surface area (Å²) < 4.78 is 0. The van der Waals surface area contributed by atoms with E-state index in [0.717, 1.165) is 11.3 Å². The highest BCUT2D eigenvalue weighted by Gasteiger charge is 2.24. The van der Waals surface area contributed by atoms with Gasteiger partial charge in [0.05, 0.1) is 6.42 Å². The molecule has 0 bridgehead atoms. The van der Waals surface area contributed by atoms with Gasteiger partial charge in [-0.3, -0.25) is 9.59 Å². The molecule has 1 aliphatic rings. The van der Waals surface area contributed by atoms with Gasteiger partial charge in [0.15, 0.2) is 5.78 Å². The van der Waals surface area contributed by atoms with E-state index in [1.807, 2.05) is 12.1 Å². The molecule has 0 fully saturated rings. The molecule has 0 radical (unpaired) electrons. The minimum absolute atomic E-state index is 0.0776. The second-order valence-corrected chi connectivity index (χ2v) is 4.32. The molecule has 3 nitrogen and oxygen atoms in total. The van der Waals surface area contributed by atoms with E-state index >= 15 is 0 Å². The maximum absolute atomic E-state index is 11.7. The second kappa shape index (κ2) is 4.29. The lowest BCUT2D eigenvalue weighted by Gasteiger charge is -2.10. The first-order valence-electron chi connectivity index (χ1n) is 5.17. The van der Waals surface area contributed by atoms with Crippen molar-refractivity contribution in [2.75, 3.05) is 17.7 Å². The van der Waals surface area contributed by atoms with Crippen LogP contribution in [0, 0.1) is 0 Å². The summed E-state index contributed by atoms with van der Waals surface area (Å²) in [5.74, 6) is 0.711. The van der Waals surface area contributed by atoms with Gasteiger partial charge >= 0.3 is 0 Å². The van der Waals surface area contributed by atoms with Crippen molar-refractivity contribution in [1.82, 2.24) is 0 Å². The van der Waals surface area contributed by atoms with Crippen LogP contribution in [-0.2, 0) is 11.2 Å². The summed E-state index contributed by atoms with van der Waals surface area (Å²) in [4.78, 5) is 24.8. The molecule has 2 rings (SSSR count). The topological polar surface area (TPSA) is 37.4 Å². The summed E-state index contributed by atoms with van der Waals surface area (Å²) >= 11 is 4.04. The van der Waals surface area contributed by atoms with Crippen molar-refractivity contribution in [2.45, 2.75) is 12.8 Å². The smallest absolute Gasteiger partial charge is 0.231 e. The molecule has 0 atom stereocenters. The first kappa shape index (κ1) is 11.2. The molecule has 0 unspecified atom stereocenters. The third-order valence-electron chi connectivity index (χ3n) is 2.82. The van der Waals surface area contributed by atoms with Crippen LogP contribution >= 0.6 is 12.6 Å². The summed E-state index contributed by atoms with van der Waals surface area (Å²) in [7, 11) is 1.75. The Morgan fingerprint density at radius 3 is 2.94 bits per heavy atom. The van der Waals surface area contributed by atoms with Crippen LogP contribution in [0.4, 0.5) is 5.69 Å². The van der Waals surface area contributed by atoms with Crippen LogP contribution in [0.2, 0.25) is 0 Å². The summed E-state index contributed by atoms with van der Waals surface area (Å²) in [6.45, 7) is 0. The lowest BCUT2D eigenvalue weighted by atomic mass is 10.0. The van der Waals surface area contributed by atoms with E-state index in [4.69, 9.17) is 0 Å². The van der Waals surface area contributed by atoms with Gasteiger partial charge in [-0.15, -0.1) is 0 Å². The number of Topliss-reactive ketones (excluding diaryl/α,β-unsaturated/α-hetero) is 1. The Labute approximate surface area is 99.9 Å². The number of hydrogen-bond donors (Lipinski definition) is 1. The van der Waals surface area contributed by atoms with Crippen LogP contribution in [0.15, 0.2) is 18.2 Å². The van der Waals surface area contributed by atoms with E-state index in [0.29, 0.717) is 24.2 Å². The molecule has 0 aliphatic carbocycles. The number of rotatable bonds is 3. The number of hydrogen-bond acceptors (Lipinski definition) is 3. The average Bonchev–Trinajstić information content (AvgIpc) is 2.55. The molecule has 0 spiro atoms. The van der Waals surface area contributed by atoms with Crippen LogP contribution in [-0.4, -0.2) is 24.5 Å². The van der Waals surface area contributed by atoms with Crippen molar-refractivity contribution in [3.8, 4) is 0 Å². The largest absolute Gasteiger partial charge is 0.315 e. The number of nitrogens with zero attached hydrogens (tertiary/aromatic N) is 1. The molecular formula is C12H13NO2S. The highest BCUT2D eigenvalue weighted by Crippen LogP contribution is 2.28. The normalized spacial score (nSPS) is 14.1. The number of ketones is 1. The van der Waals surface area contributed by atoms with Gasteiger partial charge in [0.1, 0.15) is 0 Å². The quantitative estimate of drug-likeness (QED) is 0.639. The molecule has 0 saturated heterocycles. The second-order valence-electron chi connectivity index (χ2n) is 3.87. The van der Waals surface area contributed by atoms with Crippen LogP contribution in [0.3, 0.4) is 0 Å². The van der Waals surface area contributed by atoms with Crippen LogP contribution in [0.1, 0.15) is 22.3 Å². The van der Waals surface area contributed by atoms with Gasteiger partial charge in [0.25, 0.3) is 0 Å². The summed E-state index contributed by atoms with van der Waals surface area (Å²) in [5.41, 5.74) is 2.53. The van der Waals surface area contributed by atoms with E-state index in [2.05, 4.69) is 12.6 Å². The van der Waals surface area contributed by atoms with Crippen LogP contribution in [0.25, 0.3) is 0 Å².